The molecular formula is C18H17N5O3S. The number of carbonyl (C=O) groups excluding carboxylic acids is 1. The zero-order chi connectivity index (χ0) is 19.2. The molecule has 0 aliphatic heterocycles. The van der Waals surface area contributed by atoms with E-state index in [1.54, 1.807) is 36.4 Å². The van der Waals surface area contributed by atoms with Crippen LogP contribution in [0.3, 0.4) is 0 Å². The molecule has 1 amide bonds. The monoisotopic (exact) mass is 383 g/mol. The Balaban J connectivity index is 1.63. The van der Waals surface area contributed by atoms with Gasteiger partial charge in [-0.05, 0) is 49.5 Å². The van der Waals surface area contributed by atoms with Crippen molar-refractivity contribution in [2.45, 2.75) is 6.92 Å². The van der Waals surface area contributed by atoms with Gasteiger partial charge < -0.3 is 10.1 Å². The topological polar surface area (TPSA) is 108 Å². The molecule has 0 saturated carbocycles. The summed E-state index contributed by atoms with van der Waals surface area (Å²) in [4.78, 5) is 24.2. The van der Waals surface area contributed by atoms with Crippen molar-refractivity contribution in [2.24, 2.45) is 0 Å². The number of H-pyrrole nitrogens is 1. The van der Waals surface area contributed by atoms with Crippen LogP contribution in [0.2, 0.25) is 0 Å². The highest BCUT2D eigenvalue weighted by Gasteiger charge is 2.14. The van der Waals surface area contributed by atoms with E-state index in [0.717, 1.165) is 11.4 Å². The molecule has 0 fully saturated rings. The third-order valence-corrected chi connectivity index (χ3v) is 3.83. The first-order chi connectivity index (χ1) is 13.1. The van der Waals surface area contributed by atoms with Crippen LogP contribution >= 0.6 is 12.2 Å². The third kappa shape index (κ3) is 4.39. The summed E-state index contributed by atoms with van der Waals surface area (Å²) in [5, 5.41) is 10.1. The molecule has 138 valence electrons. The minimum Gasteiger partial charge on any atom is -0.494 e. The molecule has 0 aliphatic carbocycles. The van der Waals surface area contributed by atoms with Gasteiger partial charge in [0.15, 0.2) is 10.8 Å². The van der Waals surface area contributed by atoms with Gasteiger partial charge in [0.25, 0.3) is 11.5 Å². The van der Waals surface area contributed by atoms with Gasteiger partial charge in [-0.2, -0.15) is 5.10 Å². The molecule has 0 saturated heterocycles. The van der Waals surface area contributed by atoms with Crippen LogP contribution in [0, 0.1) is 0 Å². The molecule has 0 unspecified atom stereocenters. The number of hydrogen-bond acceptors (Lipinski definition) is 5. The Morgan fingerprint density at radius 2 is 1.81 bits per heavy atom. The molecule has 0 bridgehead atoms. The zero-order valence-corrected chi connectivity index (χ0v) is 15.2. The fourth-order valence-corrected chi connectivity index (χ4v) is 2.59. The van der Waals surface area contributed by atoms with Crippen molar-refractivity contribution in [1.82, 2.24) is 21.0 Å². The molecule has 9 heteroatoms. The quantitative estimate of drug-likeness (QED) is 0.403. The minimum atomic E-state index is -0.529. The van der Waals surface area contributed by atoms with Crippen molar-refractivity contribution in [1.29, 1.82) is 0 Å². The number of aromatic amines is 1. The number of rotatable bonds is 4. The summed E-state index contributed by atoms with van der Waals surface area (Å²) in [6.07, 6.45) is 0. The van der Waals surface area contributed by atoms with E-state index in [0.29, 0.717) is 17.4 Å². The largest absolute Gasteiger partial charge is 0.494 e. The highest BCUT2D eigenvalue weighted by Crippen LogP contribution is 2.15. The Bertz CT molecular complexity index is 1030. The molecule has 3 rings (SSSR count). The van der Waals surface area contributed by atoms with Gasteiger partial charge in [-0.1, -0.05) is 18.2 Å². The molecule has 0 aliphatic rings. The fraction of sp³-hybridized carbons (Fsp3) is 0.111. The normalized spacial score (nSPS) is 10.3. The summed E-state index contributed by atoms with van der Waals surface area (Å²) < 4.78 is 5.37. The summed E-state index contributed by atoms with van der Waals surface area (Å²) in [5.41, 5.74) is 5.53. The van der Waals surface area contributed by atoms with Crippen LogP contribution in [0.1, 0.15) is 17.4 Å². The summed E-state index contributed by atoms with van der Waals surface area (Å²) in [5.74, 6) is 0.226. The first-order valence-electron chi connectivity index (χ1n) is 8.16. The zero-order valence-electron chi connectivity index (χ0n) is 14.4. The molecule has 0 atom stereocenters. The highest BCUT2D eigenvalue weighted by atomic mass is 32.1. The number of thiocarbonyl (C=S) groups is 1. The summed E-state index contributed by atoms with van der Waals surface area (Å²) in [7, 11) is 0. The number of aromatic nitrogens is 2. The average molecular weight is 383 g/mol. The van der Waals surface area contributed by atoms with E-state index >= 15 is 0 Å². The lowest BCUT2D eigenvalue weighted by Gasteiger charge is -2.12. The number of amides is 1. The van der Waals surface area contributed by atoms with Gasteiger partial charge in [0.1, 0.15) is 5.75 Å². The number of hydrogen-bond donors (Lipinski definition) is 4. The lowest BCUT2D eigenvalue weighted by Crippen LogP contribution is -2.44. The maximum absolute atomic E-state index is 12.4. The van der Waals surface area contributed by atoms with Crippen LogP contribution in [0.5, 0.6) is 5.75 Å². The number of nitrogens with zero attached hydrogens (tertiary/aromatic N) is 1. The third-order valence-electron chi connectivity index (χ3n) is 3.62. The molecule has 8 nitrogen and oxygen atoms in total. The van der Waals surface area contributed by atoms with Gasteiger partial charge in [0.2, 0.25) is 0 Å². The molecule has 0 spiro atoms. The maximum atomic E-state index is 12.4. The molecule has 1 heterocycles. The van der Waals surface area contributed by atoms with E-state index in [1.807, 2.05) is 19.1 Å². The smallest absolute Gasteiger partial charge is 0.290 e. The van der Waals surface area contributed by atoms with Gasteiger partial charge in [0.05, 0.1) is 12.0 Å². The minimum absolute atomic E-state index is 0.0848. The number of anilines is 1. The molecule has 1 aromatic heterocycles. The van der Waals surface area contributed by atoms with E-state index in [9.17, 15) is 9.59 Å². The standard InChI is InChI=1S/C18H17N5O3S/c1-2-26-12-9-7-11(8-10-12)19-18(27)23-22-17(25)15-13-5-3-4-6-14(13)16(24)21-20-15/h3-10H,2H2,1H3,(H,21,24)(H,22,25)(H2,19,23,27). The van der Waals surface area contributed by atoms with Crippen molar-refractivity contribution >= 4 is 39.7 Å². The number of ether oxygens (including phenoxy) is 1. The first kappa shape index (κ1) is 18.3. The van der Waals surface area contributed by atoms with Crippen LogP contribution in [0.15, 0.2) is 53.3 Å². The number of carbonyl (C=O) groups is 1. The Morgan fingerprint density at radius 3 is 2.52 bits per heavy atom. The SMILES string of the molecule is CCOc1ccc(NC(=S)NNC(=O)c2n[nH]c(=O)c3ccccc23)cc1. The van der Waals surface area contributed by atoms with E-state index < -0.39 is 5.91 Å². The number of nitrogens with one attached hydrogen (secondary N) is 4. The molecule has 3 aromatic rings. The van der Waals surface area contributed by atoms with Gasteiger partial charge >= 0.3 is 0 Å². The van der Waals surface area contributed by atoms with Crippen molar-refractivity contribution in [3.05, 3.63) is 64.6 Å². The molecule has 2 aromatic carbocycles. The van der Waals surface area contributed by atoms with Crippen molar-refractivity contribution in [3.63, 3.8) is 0 Å². The average Bonchev–Trinajstić information content (AvgIpc) is 2.68. The number of benzene rings is 2. The Morgan fingerprint density at radius 1 is 1.11 bits per heavy atom. The molecule has 27 heavy (non-hydrogen) atoms. The van der Waals surface area contributed by atoms with Gasteiger partial charge in [-0.25, -0.2) is 5.10 Å². The highest BCUT2D eigenvalue weighted by molar-refractivity contribution is 7.80. The van der Waals surface area contributed by atoms with Crippen molar-refractivity contribution in [2.75, 3.05) is 11.9 Å². The van der Waals surface area contributed by atoms with Gasteiger partial charge in [-0.3, -0.25) is 20.4 Å². The first-order valence-corrected chi connectivity index (χ1v) is 8.57. The predicted molar refractivity (Wildman–Crippen MR) is 107 cm³/mol. The van der Waals surface area contributed by atoms with Crippen LogP contribution in [0.25, 0.3) is 10.8 Å². The fourth-order valence-electron chi connectivity index (χ4n) is 2.42. The van der Waals surface area contributed by atoms with Gasteiger partial charge in [0, 0.05) is 11.1 Å². The van der Waals surface area contributed by atoms with E-state index in [1.165, 1.54) is 0 Å². The Kier molecular flexibility index (Phi) is 5.62. The number of hydrazine groups is 1. The van der Waals surface area contributed by atoms with Crippen LogP contribution in [0.4, 0.5) is 5.69 Å². The van der Waals surface area contributed by atoms with Crippen LogP contribution < -0.4 is 26.5 Å². The Hall–Kier alpha value is -3.46. The lowest BCUT2D eigenvalue weighted by molar-refractivity contribution is 0.0940. The second-order valence-corrected chi connectivity index (χ2v) is 5.85. The van der Waals surface area contributed by atoms with E-state index in [2.05, 4.69) is 26.4 Å². The predicted octanol–water partition coefficient (Wildman–Crippen LogP) is 1.95. The summed E-state index contributed by atoms with van der Waals surface area (Å²) in [6.45, 7) is 2.50. The second kappa shape index (κ2) is 8.28. The molecular weight excluding hydrogens is 366 g/mol. The lowest BCUT2D eigenvalue weighted by atomic mass is 10.1. The van der Waals surface area contributed by atoms with E-state index in [4.69, 9.17) is 17.0 Å². The molecule has 4 N–H and O–H groups in total. The van der Waals surface area contributed by atoms with Crippen LogP contribution in [-0.2, 0) is 0 Å². The van der Waals surface area contributed by atoms with E-state index in [-0.39, 0.29) is 16.4 Å². The number of fused-ring (bicyclic) bond motifs is 1. The molecule has 0 radical (unpaired) electrons. The van der Waals surface area contributed by atoms with Crippen LogP contribution in [-0.4, -0.2) is 27.8 Å². The van der Waals surface area contributed by atoms with Gasteiger partial charge in [-0.15, -0.1) is 0 Å². The Labute approximate surface area is 159 Å². The summed E-state index contributed by atoms with van der Waals surface area (Å²) in [6, 6.07) is 13.9. The second-order valence-electron chi connectivity index (χ2n) is 5.44. The van der Waals surface area contributed by atoms with Crippen molar-refractivity contribution < 1.29 is 9.53 Å². The maximum Gasteiger partial charge on any atom is 0.290 e. The van der Waals surface area contributed by atoms with Crippen molar-refractivity contribution in [3.8, 4) is 5.75 Å². The summed E-state index contributed by atoms with van der Waals surface area (Å²) >= 11 is 5.16.